The molecule has 1 aliphatic heterocycles. The lowest BCUT2D eigenvalue weighted by Gasteiger charge is -2.25. The number of aromatic nitrogens is 2. The Bertz CT molecular complexity index is 587. The number of carbonyl (C=O) groups excluding carboxylic acids is 2. The van der Waals surface area contributed by atoms with Crippen LogP contribution >= 0.6 is 11.3 Å². The van der Waals surface area contributed by atoms with Crippen LogP contribution in [0, 0.1) is 6.92 Å². The average molecular weight is 263 g/mol. The lowest BCUT2D eigenvalue weighted by atomic mass is 10.1. The first kappa shape index (κ1) is 11.4. The van der Waals surface area contributed by atoms with Gasteiger partial charge in [-0.15, -0.1) is 11.3 Å². The SMILES string of the molecule is Cc1cn2cc(C(=O)N3CCC(=O)CC3)nc2s1. The van der Waals surface area contributed by atoms with Crippen molar-refractivity contribution in [3.63, 3.8) is 0 Å². The van der Waals surface area contributed by atoms with Gasteiger partial charge in [0.2, 0.25) is 0 Å². The molecule has 3 rings (SSSR count). The van der Waals surface area contributed by atoms with Crippen LogP contribution in [0.5, 0.6) is 0 Å². The summed E-state index contributed by atoms with van der Waals surface area (Å²) in [5.41, 5.74) is 0.468. The van der Waals surface area contributed by atoms with E-state index in [2.05, 4.69) is 4.98 Å². The van der Waals surface area contributed by atoms with Crippen LogP contribution < -0.4 is 0 Å². The molecule has 0 spiro atoms. The molecule has 0 saturated carbocycles. The number of amides is 1. The molecule has 1 aliphatic rings. The Morgan fingerprint density at radius 1 is 1.33 bits per heavy atom. The summed E-state index contributed by atoms with van der Waals surface area (Å²) in [6.45, 7) is 3.04. The third kappa shape index (κ3) is 1.92. The molecule has 94 valence electrons. The number of nitrogens with zero attached hydrogens (tertiary/aromatic N) is 3. The van der Waals surface area contributed by atoms with Crippen molar-refractivity contribution in [2.45, 2.75) is 19.8 Å². The van der Waals surface area contributed by atoms with Gasteiger partial charge in [-0.3, -0.25) is 14.0 Å². The van der Waals surface area contributed by atoms with E-state index in [9.17, 15) is 9.59 Å². The fraction of sp³-hybridized carbons (Fsp3) is 0.417. The standard InChI is InChI=1S/C12H13N3O2S/c1-8-6-15-7-10(13-12(15)18-8)11(17)14-4-2-9(16)3-5-14/h6-7H,2-5H2,1H3. The van der Waals surface area contributed by atoms with Crippen LogP contribution in [0.15, 0.2) is 12.4 Å². The van der Waals surface area contributed by atoms with Crippen LogP contribution in [-0.4, -0.2) is 39.1 Å². The quantitative estimate of drug-likeness (QED) is 0.783. The Labute approximate surface area is 108 Å². The van der Waals surface area contributed by atoms with Gasteiger partial charge in [0.05, 0.1) is 0 Å². The first-order valence-corrected chi connectivity index (χ1v) is 6.71. The zero-order valence-corrected chi connectivity index (χ0v) is 10.9. The zero-order valence-electron chi connectivity index (χ0n) is 10.0. The molecule has 5 nitrogen and oxygen atoms in total. The van der Waals surface area contributed by atoms with Gasteiger partial charge in [0.15, 0.2) is 4.96 Å². The highest BCUT2D eigenvalue weighted by Crippen LogP contribution is 2.18. The number of imidazole rings is 1. The fourth-order valence-corrected chi connectivity index (χ4v) is 2.94. The molecular weight excluding hydrogens is 250 g/mol. The van der Waals surface area contributed by atoms with Crippen LogP contribution in [0.3, 0.4) is 0 Å². The predicted molar refractivity (Wildman–Crippen MR) is 68.0 cm³/mol. The van der Waals surface area contributed by atoms with E-state index < -0.39 is 0 Å². The largest absolute Gasteiger partial charge is 0.336 e. The summed E-state index contributed by atoms with van der Waals surface area (Å²) in [6, 6.07) is 0. The van der Waals surface area contributed by atoms with E-state index in [-0.39, 0.29) is 11.7 Å². The van der Waals surface area contributed by atoms with Crippen LogP contribution in [0.4, 0.5) is 0 Å². The number of thiazole rings is 1. The van der Waals surface area contributed by atoms with E-state index in [1.807, 2.05) is 17.5 Å². The minimum Gasteiger partial charge on any atom is -0.336 e. The number of piperidine rings is 1. The van der Waals surface area contributed by atoms with Gasteiger partial charge in [-0.05, 0) is 6.92 Å². The third-order valence-corrected chi connectivity index (χ3v) is 4.01. The number of rotatable bonds is 1. The van der Waals surface area contributed by atoms with E-state index >= 15 is 0 Å². The van der Waals surface area contributed by atoms with Crippen molar-refractivity contribution in [1.82, 2.24) is 14.3 Å². The normalized spacial score (nSPS) is 16.5. The van der Waals surface area contributed by atoms with Crippen LogP contribution in [0.2, 0.25) is 0 Å². The number of fused-ring (bicyclic) bond motifs is 1. The third-order valence-electron chi connectivity index (χ3n) is 3.10. The van der Waals surface area contributed by atoms with Crippen molar-refractivity contribution in [2.75, 3.05) is 13.1 Å². The van der Waals surface area contributed by atoms with Crippen LogP contribution in [0.1, 0.15) is 28.2 Å². The summed E-state index contributed by atoms with van der Waals surface area (Å²) in [5, 5.41) is 0. The van der Waals surface area contributed by atoms with Gasteiger partial charge in [0, 0.05) is 43.2 Å². The lowest BCUT2D eigenvalue weighted by Crippen LogP contribution is -2.38. The monoisotopic (exact) mass is 263 g/mol. The molecule has 2 aromatic rings. The Kier molecular flexibility index (Phi) is 2.66. The highest BCUT2D eigenvalue weighted by atomic mass is 32.1. The van der Waals surface area contributed by atoms with E-state index in [1.165, 1.54) is 4.88 Å². The first-order valence-electron chi connectivity index (χ1n) is 5.89. The predicted octanol–water partition coefficient (Wildman–Crippen LogP) is 1.51. The molecule has 1 fully saturated rings. The Balaban J connectivity index is 1.83. The van der Waals surface area contributed by atoms with Crippen molar-refractivity contribution >= 4 is 28.0 Å². The minimum absolute atomic E-state index is 0.0731. The van der Waals surface area contributed by atoms with Crippen LogP contribution in [-0.2, 0) is 4.79 Å². The second-order valence-corrected chi connectivity index (χ2v) is 5.70. The van der Waals surface area contributed by atoms with E-state index in [0.717, 1.165) is 4.96 Å². The lowest BCUT2D eigenvalue weighted by molar-refractivity contribution is -0.120. The number of hydrogen-bond acceptors (Lipinski definition) is 4. The summed E-state index contributed by atoms with van der Waals surface area (Å²) >= 11 is 1.56. The van der Waals surface area contributed by atoms with Gasteiger partial charge < -0.3 is 4.90 Å². The smallest absolute Gasteiger partial charge is 0.274 e. The molecule has 0 aromatic carbocycles. The molecule has 0 atom stereocenters. The van der Waals surface area contributed by atoms with Gasteiger partial charge in [-0.1, -0.05) is 0 Å². The summed E-state index contributed by atoms with van der Waals surface area (Å²) in [6.07, 6.45) is 4.65. The maximum Gasteiger partial charge on any atom is 0.274 e. The molecule has 2 aromatic heterocycles. The van der Waals surface area contributed by atoms with E-state index in [1.54, 1.807) is 22.4 Å². The number of Topliss-reactive ketones (excluding diaryl/α,β-unsaturated/α-hetero) is 1. The number of carbonyl (C=O) groups is 2. The summed E-state index contributed by atoms with van der Waals surface area (Å²) < 4.78 is 1.88. The van der Waals surface area contributed by atoms with E-state index in [4.69, 9.17) is 0 Å². The van der Waals surface area contributed by atoms with Crippen molar-refractivity contribution in [3.05, 3.63) is 23.0 Å². The maximum atomic E-state index is 12.2. The topological polar surface area (TPSA) is 54.7 Å². The molecule has 0 unspecified atom stereocenters. The molecule has 18 heavy (non-hydrogen) atoms. The Morgan fingerprint density at radius 3 is 2.72 bits per heavy atom. The van der Waals surface area contributed by atoms with Gasteiger partial charge >= 0.3 is 0 Å². The average Bonchev–Trinajstić information content (AvgIpc) is 2.86. The molecule has 3 heterocycles. The van der Waals surface area contributed by atoms with Gasteiger partial charge in [-0.2, -0.15) is 0 Å². The summed E-state index contributed by atoms with van der Waals surface area (Å²) in [5.74, 6) is 0.163. The molecule has 1 saturated heterocycles. The number of aryl methyl sites for hydroxylation is 1. The number of hydrogen-bond donors (Lipinski definition) is 0. The van der Waals surface area contributed by atoms with Crippen molar-refractivity contribution in [3.8, 4) is 0 Å². The Morgan fingerprint density at radius 2 is 2.06 bits per heavy atom. The second kappa shape index (κ2) is 4.20. The zero-order chi connectivity index (χ0) is 12.7. The first-order chi connectivity index (χ1) is 8.63. The number of likely N-dealkylation sites (tertiary alicyclic amines) is 1. The highest BCUT2D eigenvalue weighted by molar-refractivity contribution is 7.17. The molecular formula is C12H13N3O2S. The number of ketones is 1. The molecule has 6 heteroatoms. The van der Waals surface area contributed by atoms with Crippen molar-refractivity contribution in [1.29, 1.82) is 0 Å². The molecule has 0 aliphatic carbocycles. The maximum absolute atomic E-state index is 12.2. The van der Waals surface area contributed by atoms with Gasteiger partial charge in [0.1, 0.15) is 11.5 Å². The molecule has 0 bridgehead atoms. The van der Waals surface area contributed by atoms with Crippen molar-refractivity contribution in [2.24, 2.45) is 0 Å². The fourth-order valence-electron chi connectivity index (χ4n) is 2.14. The highest BCUT2D eigenvalue weighted by Gasteiger charge is 2.23. The summed E-state index contributed by atoms with van der Waals surface area (Å²) in [7, 11) is 0. The second-order valence-electron chi connectivity index (χ2n) is 4.49. The summed E-state index contributed by atoms with van der Waals surface area (Å²) in [4.78, 5) is 31.4. The van der Waals surface area contributed by atoms with Crippen molar-refractivity contribution < 1.29 is 9.59 Å². The minimum atomic E-state index is -0.0731. The molecule has 0 N–H and O–H groups in total. The van der Waals surface area contributed by atoms with Gasteiger partial charge in [0.25, 0.3) is 5.91 Å². The van der Waals surface area contributed by atoms with Crippen LogP contribution in [0.25, 0.3) is 4.96 Å². The van der Waals surface area contributed by atoms with Gasteiger partial charge in [-0.25, -0.2) is 4.98 Å². The Hall–Kier alpha value is -1.69. The molecule has 0 radical (unpaired) electrons. The van der Waals surface area contributed by atoms with E-state index in [0.29, 0.717) is 31.6 Å². The molecule has 1 amide bonds.